The summed E-state index contributed by atoms with van der Waals surface area (Å²) in [5.41, 5.74) is 1.63. The molecule has 0 atom stereocenters. The molecular formula is C19H21NO5S. The summed E-state index contributed by atoms with van der Waals surface area (Å²) < 4.78 is 38.3. The standard InChI is InChI=1S/C19H21NO5S/c1-13-6-8-14(9-7-13)26(22,23)20-10-4-5-17(21)15-11-18(24-2)19(25-3)12-16(15)20/h6-9,11-12H,4-5,10H2,1-3H3. The quantitative estimate of drug-likeness (QED) is 0.821. The second-order valence-corrected chi connectivity index (χ2v) is 8.00. The summed E-state index contributed by atoms with van der Waals surface area (Å²) in [7, 11) is -0.847. The number of rotatable bonds is 4. The second-order valence-electron chi connectivity index (χ2n) is 6.14. The van der Waals surface area contributed by atoms with Gasteiger partial charge in [-0.05, 0) is 31.5 Å². The molecular weight excluding hydrogens is 354 g/mol. The summed E-state index contributed by atoms with van der Waals surface area (Å²) in [6.45, 7) is 2.12. The van der Waals surface area contributed by atoms with Crippen LogP contribution in [0.1, 0.15) is 28.8 Å². The third kappa shape index (κ3) is 3.14. The number of sulfonamides is 1. The number of nitrogens with zero attached hydrogens (tertiary/aromatic N) is 1. The highest BCUT2D eigenvalue weighted by atomic mass is 32.2. The lowest BCUT2D eigenvalue weighted by molar-refractivity contribution is 0.0983. The maximum absolute atomic E-state index is 13.2. The Morgan fingerprint density at radius 2 is 1.62 bits per heavy atom. The molecule has 6 nitrogen and oxygen atoms in total. The highest BCUT2D eigenvalue weighted by Crippen LogP contribution is 2.39. The Morgan fingerprint density at radius 3 is 2.23 bits per heavy atom. The molecule has 0 saturated heterocycles. The largest absolute Gasteiger partial charge is 0.493 e. The van der Waals surface area contributed by atoms with Gasteiger partial charge in [-0.15, -0.1) is 0 Å². The molecule has 0 amide bonds. The molecule has 138 valence electrons. The summed E-state index contributed by atoms with van der Waals surface area (Å²) in [5.74, 6) is 0.668. The zero-order chi connectivity index (χ0) is 18.9. The molecule has 0 aliphatic carbocycles. The van der Waals surface area contributed by atoms with Crippen molar-refractivity contribution in [2.45, 2.75) is 24.7 Å². The molecule has 7 heteroatoms. The lowest BCUT2D eigenvalue weighted by Gasteiger charge is -2.25. The van der Waals surface area contributed by atoms with Gasteiger partial charge in [-0.1, -0.05) is 17.7 Å². The molecule has 1 heterocycles. The smallest absolute Gasteiger partial charge is 0.264 e. The minimum absolute atomic E-state index is 0.109. The maximum atomic E-state index is 13.2. The van der Waals surface area contributed by atoms with Crippen LogP contribution in [0.5, 0.6) is 11.5 Å². The van der Waals surface area contributed by atoms with E-state index in [2.05, 4.69) is 0 Å². The molecule has 0 unspecified atom stereocenters. The zero-order valence-corrected chi connectivity index (χ0v) is 15.8. The van der Waals surface area contributed by atoms with Crippen LogP contribution in [0.25, 0.3) is 0 Å². The number of ketones is 1. The molecule has 2 aromatic rings. The van der Waals surface area contributed by atoms with Crippen molar-refractivity contribution in [3.05, 3.63) is 47.5 Å². The molecule has 0 radical (unpaired) electrons. The van der Waals surface area contributed by atoms with Gasteiger partial charge < -0.3 is 9.47 Å². The predicted octanol–water partition coefficient (Wildman–Crippen LogP) is 3.18. The van der Waals surface area contributed by atoms with Gasteiger partial charge in [0.1, 0.15) is 0 Å². The molecule has 0 aromatic heterocycles. The number of methoxy groups -OCH3 is 2. The van der Waals surface area contributed by atoms with E-state index in [-0.39, 0.29) is 23.6 Å². The molecule has 2 aromatic carbocycles. The predicted molar refractivity (Wildman–Crippen MR) is 98.8 cm³/mol. The highest BCUT2D eigenvalue weighted by molar-refractivity contribution is 7.92. The number of hydrogen-bond acceptors (Lipinski definition) is 5. The van der Waals surface area contributed by atoms with Gasteiger partial charge in [0.25, 0.3) is 10.0 Å². The molecule has 1 aliphatic rings. The normalized spacial score (nSPS) is 14.6. The number of benzene rings is 2. The number of anilines is 1. The van der Waals surface area contributed by atoms with Crippen LogP contribution in [-0.2, 0) is 10.0 Å². The molecule has 0 fully saturated rings. The number of fused-ring (bicyclic) bond motifs is 1. The third-order valence-electron chi connectivity index (χ3n) is 4.44. The number of carbonyl (C=O) groups is 1. The minimum Gasteiger partial charge on any atom is -0.493 e. The SMILES string of the molecule is COc1cc2c(cc1OC)N(S(=O)(=O)c1ccc(C)cc1)CCCC2=O. The van der Waals surface area contributed by atoms with Crippen LogP contribution in [0.3, 0.4) is 0 Å². The molecule has 3 rings (SSSR count). The topological polar surface area (TPSA) is 72.9 Å². The van der Waals surface area contributed by atoms with E-state index in [0.29, 0.717) is 29.2 Å². The first-order valence-electron chi connectivity index (χ1n) is 8.27. The Hall–Kier alpha value is -2.54. The fourth-order valence-electron chi connectivity index (χ4n) is 3.02. The highest BCUT2D eigenvalue weighted by Gasteiger charge is 2.32. The maximum Gasteiger partial charge on any atom is 0.264 e. The summed E-state index contributed by atoms with van der Waals surface area (Å²) >= 11 is 0. The lowest BCUT2D eigenvalue weighted by Crippen LogP contribution is -2.32. The summed E-state index contributed by atoms with van der Waals surface area (Å²) in [5, 5.41) is 0. The van der Waals surface area contributed by atoms with Gasteiger partial charge in [0.05, 0.1) is 24.8 Å². The number of aryl methyl sites for hydroxylation is 1. The Kier molecular flexibility index (Phi) is 4.91. The average Bonchev–Trinajstić information content (AvgIpc) is 2.80. The molecule has 1 aliphatic heterocycles. The minimum atomic E-state index is -3.80. The van der Waals surface area contributed by atoms with Crippen molar-refractivity contribution in [1.29, 1.82) is 0 Å². The van der Waals surface area contributed by atoms with Crippen LogP contribution in [0, 0.1) is 6.92 Å². The first kappa shape index (κ1) is 18.3. The number of carbonyl (C=O) groups excluding carboxylic acids is 1. The van der Waals surface area contributed by atoms with Crippen molar-refractivity contribution >= 4 is 21.5 Å². The molecule has 0 spiro atoms. The van der Waals surface area contributed by atoms with E-state index < -0.39 is 10.0 Å². The van der Waals surface area contributed by atoms with Crippen molar-refractivity contribution in [2.24, 2.45) is 0 Å². The van der Waals surface area contributed by atoms with Gasteiger partial charge in [0.2, 0.25) is 0 Å². The van der Waals surface area contributed by atoms with Crippen molar-refractivity contribution in [3.8, 4) is 11.5 Å². The van der Waals surface area contributed by atoms with E-state index in [1.807, 2.05) is 6.92 Å². The van der Waals surface area contributed by atoms with E-state index in [4.69, 9.17) is 9.47 Å². The fourth-order valence-corrected chi connectivity index (χ4v) is 4.54. The van der Waals surface area contributed by atoms with E-state index in [1.54, 1.807) is 36.4 Å². The van der Waals surface area contributed by atoms with Gasteiger partial charge in [-0.2, -0.15) is 0 Å². The van der Waals surface area contributed by atoms with Gasteiger partial charge >= 0.3 is 0 Å². The molecule has 0 bridgehead atoms. The number of ether oxygens (including phenoxy) is 2. The second kappa shape index (κ2) is 6.99. The van der Waals surface area contributed by atoms with Crippen LogP contribution in [0.2, 0.25) is 0 Å². The lowest BCUT2D eigenvalue weighted by atomic mass is 10.1. The number of Topliss-reactive ketones (excluding diaryl/α,β-unsaturated/α-hetero) is 1. The van der Waals surface area contributed by atoms with Crippen molar-refractivity contribution in [2.75, 3.05) is 25.1 Å². The fraction of sp³-hybridized carbons (Fsp3) is 0.316. The van der Waals surface area contributed by atoms with E-state index in [1.165, 1.54) is 18.5 Å². The summed E-state index contributed by atoms with van der Waals surface area (Å²) in [4.78, 5) is 12.7. The Labute approximate surface area is 153 Å². The summed E-state index contributed by atoms with van der Waals surface area (Å²) in [6.07, 6.45) is 0.728. The molecule has 26 heavy (non-hydrogen) atoms. The van der Waals surface area contributed by atoms with Crippen molar-refractivity contribution < 1.29 is 22.7 Å². The molecule has 0 N–H and O–H groups in total. The van der Waals surface area contributed by atoms with Crippen LogP contribution in [0.4, 0.5) is 5.69 Å². The Morgan fingerprint density at radius 1 is 1.00 bits per heavy atom. The van der Waals surface area contributed by atoms with Crippen LogP contribution >= 0.6 is 0 Å². The Balaban J connectivity index is 2.19. The van der Waals surface area contributed by atoms with E-state index in [9.17, 15) is 13.2 Å². The van der Waals surface area contributed by atoms with Gasteiger partial charge in [0.15, 0.2) is 17.3 Å². The average molecular weight is 375 g/mol. The van der Waals surface area contributed by atoms with Crippen LogP contribution in [0.15, 0.2) is 41.3 Å². The van der Waals surface area contributed by atoms with E-state index >= 15 is 0 Å². The first-order valence-corrected chi connectivity index (χ1v) is 9.71. The zero-order valence-electron chi connectivity index (χ0n) is 15.0. The summed E-state index contributed by atoms with van der Waals surface area (Å²) in [6, 6.07) is 9.79. The van der Waals surface area contributed by atoms with Gasteiger partial charge in [-0.3, -0.25) is 9.10 Å². The third-order valence-corrected chi connectivity index (χ3v) is 6.27. The molecule has 0 saturated carbocycles. The van der Waals surface area contributed by atoms with Crippen LogP contribution in [-0.4, -0.2) is 35.0 Å². The van der Waals surface area contributed by atoms with Crippen molar-refractivity contribution in [1.82, 2.24) is 0 Å². The monoisotopic (exact) mass is 375 g/mol. The first-order chi connectivity index (χ1) is 12.4. The van der Waals surface area contributed by atoms with Crippen LogP contribution < -0.4 is 13.8 Å². The van der Waals surface area contributed by atoms with E-state index in [0.717, 1.165) is 5.56 Å². The van der Waals surface area contributed by atoms with Crippen molar-refractivity contribution in [3.63, 3.8) is 0 Å². The van der Waals surface area contributed by atoms with Gasteiger partial charge in [0, 0.05) is 24.6 Å². The number of hydrogen-bond donors (Lipinski definition) is 0. The Bertz CT molecular complexity index is 935. The van der Waals surface area contributed by atoms with Gasteiger partial charge in [-0.25, -0.2) is 8.42 Å².